The second-order valence-corrected chi connectivity index (χ2v) is 4.63. The molecule has 0 amide bonds. The third-order valence-corrected chi connectivity index (χ3v) is 2.83. The maximum atomic E-state index is 9.35. The maximum absolute atomic E-state index is 9.35. The normalized spacial score (nSPS) is 13.5. The molecule has 1 heterocycles. The van der Waals surface area contributed by atoms with Crippen LogP contribution in [0.4, 0.5) is 0 Å². The van der Waals surface area contributed by atoms with Gasteiger partial charge in [-0.25, -0.2) is 0 Å². The number of hydrogen-bond donors (Lipinski definition) is 1. The van der Waals surface area contributed by atoms with Crippen molar-refractivity contribution in [2.24, 2.45) is 7.05 Å². The SMILES string of the molecule is CC(O)CN(C)Cc1nn(C)c2ccccc12. The lowest BCUT2D eigenvalue weighted by Gasteiger charge is -2.16. The molecule has 0 bridgehead atoms. The highest BCUT2D eigenvalue weighted by Gasteiger charge is 2.11. The van der Waals surface area contributed by atoms with E-state index in [4.69, 9.17) is 0 Å². The van der Waals surface area contributed by atoms with Gasteiger partial charge in [-0.05, 0) is 20.0 Å². The van der Waals surface area contributed by atoms with E-state index in [1.165, 1.54) is 5.39 Å². The molecule has 1 atom stereocenters. The van der Waals surface area contributed by atoms with E-state index in [2.05, 4.69) is 22.1 Å². The number of benzene rings is 1. The Morgan fingerprint density at radius 1 is 1.41 bits per heavy atom. The van der Waals surface area contributed by atoms with Crippen LogP contribution in [0.3, 0.4) is 0 Å². The molecule has 0 aliphatic rings. The first-order valence-electron chi connectivity index (χ1n) is 5.85. The zero-order chi connectivity index (χ0) is 12.4. The summed E-state index contributed by atoms with van der Waals surface area (Å²) >= 11 is 0. The molecule has 4 heteroatoms. The lowest BCUT2D eigenvalue weighted by molar-refractivity contribution is 0.138. The second kappa shape index (κ2) is 4.85. The van der Waals surface area contributed by atoms with Gasteiger partial charge in [-0.2, -0.15) is 5.10 Å². The minimum absolute atomic E-state index is 0.310. The average molecular weight is 233 g/mol. The molecule has 1 unspecified atom stereocenters. The van der Waals surface area contributed by atoms with E-state index in [-0.39, 0.29) is 6.10 Å². The number of fused-ring (bicyclic) bond motifs is 1. The number of hydrogen-bond acceptors (Lipinski definition) is 3. The topological polar surface area (TPSA) is 41.3 Å². The number of rotatable bonds is 4. The van der Waals surface area contributed by atoms with Gasteiger partial charge in [0.05, 0.1) is 17.3 Å². The molecule has 0 aliphatic heterocycles. The van der Waals surface area contributed by atoms with Crippen molar-refractivity contribution in [1.29, 1.82) is 0 Å². The Kier molecular flexibility index (Phi) is 3.45. The van der Waals surface area contributed by atoms with Crippen molar-refractivity contribution in [1.82, 2.24) is 14.7 Å². The van der Waals surface area contributed by atoms with Crippen molar-refractivity contribution in [3.05, 3.63) is 30.0 Å². The van der Waals surface area contributed by atoms with Gasteiger partial charge >= 0.3 is 0 Å². The summed E-state index contributed by atoms with van der Waals surface area (Å²) in [5.74, 6) is 0. The van der Waals surface area contributed by atoms with E-state index >= 15 is 0 Å². The fourth-order valence-electron chi connectivity index (χ4n) is 2.18. The van der Waals surface area contributed by atoms with Crippen LogP contribution in [0.1, 0.15) is 12.6 Å². The average Bonchev–Trinajstić information content (AvgIpc) is 2.55. The first-order chi connectivity index (χ1) is 8.08. The summed E-state index contributed by atoms with van der Waals surface area (Å²) in [5.41, 5.74) is 2.21. The van der Waals surface area contributed by atoms with Gasteiger partial charge < -0.3 is 5.11 Å². The van der Waals surface area contributed by atoms with Gasteiger partial charge in [0, 0.05) is 25.5 Å². The first kappa shape index (κ1) is 12.1. The highest BCUT2D eigenvalue weighted by Crippen LogP contribution is 2.18. The van der Waals surface area contributed by atoms with Crippen LogP contribution in [0.5, 0.6) is 0 Å². The molecule has 0 aliphatic carbocycles. The number of aryl methyl sites for hydroxylation is 1. The molecule has 1 aromatic heterocycles. The van der Waals surface area contributed by atoms with Crippen LogP contribution in [0, 0.1) is 0 Å². The molecule has 1 N–H and O–H groups in total. The number of aromatic nitrogens is 2. The van der Waals surface area contributed by atoms with Gasteiger partial charge in [0.2, 0.25) is 0 Å². The van der Waals surface area contributed by atoms with Crippen LogP contribution < -0.4 is 0 Å². The Balaban J connectivity index is 2.24. The molecule has 1 aromatic carbocycles. The number of aliphatic hydroxyl groups is 1. The van der Waals surface area contributed by atoms with Crippen LogP contribution >= 0.6 is 0 Å². The summed E-state index contributed by atoms with van der Waals surface area (Å²) in [6.07, 6.45) is -0.310. The third kappa shape index (κ3) is 2.65. The van der Waals surface area contributed by atoms with Crippen molar-refractivity contribution in [2.45, 2.75) is 19.6 Å². The number of nitrogens with zero attached hydrogens (tertiary/aromatic N) is 3. The first-order valence-corrected chi connectivity index (χ1v) is 5.85. The van der Waals surface area contributed by atoms with Crippen LogP contribution in [0.25, 0.3) is 10.9 Å². The molecular weight excluding hydrogens is 214 g/mol. The van der Waals surface area contributed by atoms with Gasteiger partial charge in [-0.15, -0.1) is 0 Å². The standard InChI is InChI=1S/C13H19N3O/c1-10(17)8-15(2)9-12-11-6-4-5-7-13(11)16(3)14-12/h4-7,10,17H,8-9H2,1-3H3. The van der Waals surface area contributed by atoms with Gasteiger partial charge in [-0.1, -0.05) is 18.2 Å². The molecule has 0 saturated heterocycles. The summed E-state index contributed by atoms with van der Waals surface area (Å²) in [6, 6.07) is 8.21. The summed E-state index contributed by atoms with van der Waals surface area (Å²) in [7, 11) is 3.96. The van der Waals surface area contributed by atoms with E-state index in [0.717, 1.165) is 17.8 Å². The number of para-hydroxylation sites is 1. The molecule has 0 saturated carbocycles. The van der Waals surface area contributed by atoms with Gasteiger partial charge in [-0.3, -0.25) is 9.58 Å². The summed E-state index contributed by atoms with van der Waals surface area (Å²) in [4.78, 5) is 2.08. The molecular formula is C13H19N3O. The van der Waals surface area contributed by atoms with E-state index < -0.39 is 0 Å². The molecule has 0 spiro atoms. The second-order valence-electron chi connectivity index (χ2n) is 4.63. The van der Waals surface area contributed by atoms with Crippen LogP contribution in [0.15, 0.2) is 24.3 Å². The fourth-order valence-corrected chi connectivity index (χ4v) is 2.18. The van der Waals surface area contributed by atoms with E-state index in [0.29, 0.717) is 6.54 Å². The molecule has 92 valence electrons. The fraction of sp³-hybridized carbons (Fsp3) is 0.462. The minimum atomic E-state index is -0.310. The molecule has 17 heavy (non-hydrogen) atoms. The Labute approximate surface area is 101 Å². The maximum Gasteiger partial charge on any atom is 0.0843 e. The lowest BCUT2D eigenvalue weighted by atomic mass is 10.2. The zero-order valence-corrected chi connectivity index (χ0v) is 10.6. The minimum Gasteiger partial charge on any atom is -0.392 e. The van der Waals surface area contributed by atoms with Gasteiger partial charge in [0.15, 0.2) is 0 Å². The lowest BCUT2D eigenvalue weighted by Crippen LogP contribution is -2.27. The summed E-state index contributed by atoms with van der Waals surface area (Å²) < 4.78 is 1.90. The van der Waals surface area contributed by atoms with Crippen molar-refractivity contribution in [2.75, 3.05) is 13.6 Å². The molecule has 2 aromatic rings. The highest BCUT2D eigenvalue weighted by atomic mass is 16.3. The van der Waals surface area contributed by atoms with Crippen LogP contribution in [-0.2, 0) is 13.6 Å². The van der Waals surface area contributed by atoms with Crippen molar-refractivity contribution < 1.29 is 5.11 Å². The Hall–Kier alpha value is -1.39. The molecule has 0 fully saturated rings. The zero-order valence-electron chi connectivity index (χ0n) is 10.6. The van der Waals surface area contributed by atoms with Crippen LogP contribution in [0.2, 0.25) is 0 Å². The predicted molar refractivity (Wildman–Crippen MR) is 68.7 cm³/mol. The Morgan fingerprint density at radius 2 is 2.12 bits per heavy atom. The largest absolute Gasteiger partial charge is 0.392 e. The van der Waals surface area contributed by atoms with Gasteiger partial charge in [0.25, 0.3) is 0 Å². The number of likely N-dealkylation sites (N-methyl/N-ethyl adjacent to an activating group) is 1. The molecule has 0 radical (unpaired) electrons. The van der Waals surface area contributed by atoms with Crippen molar-refractivity contribution in [3.63, 3.8) is 0 Å². The Bertz CT molecular complexity index is 504. The number of aliphatic hydroxyl groups excluding tert-OH is 1. The summed E-state index contributed by atoms with van der Waals surface area (Å²) in [6.45, 7) is 3.21. The monoisotopic (exact) mass is 233 g/mol. The van der Waals surface area contributed by atoms with Crippen LogP contribution in [-0.4, -0.2) is 39.5 Å². The quantitative estimate of drug-likeness (QED) is 0.867. The van der Waals surface area contributed by atoms with E-state index in [9.17, 15) is 5.11 Å². The Morgan fingerprint density at radius 3 is 2.82 bits per heavy atom. The third-order valence-electron chi connectivity index (χ3n) is 2.83. The van der Waals surface area contributed by atoms with Crippen molar-refractivity contribution >= 4 is 10.9 Å². The van der Waals surface area contributed by atoms with Crippen molar-refractivity contribution in [3.8, 4) is 0 Å². The highest BCUT2D eigenvalue weighted by molar-refractivity contribution is 5.81. The molecule has 2 rings (SSSR count). The molecule has 4 nitrogen and oxygen atoms in total. The van der Waals surface area contributed by atoms with Gasteiger partial charge in [0.1, 0.15) is 0 Å². The smallest absolute Gasteiger partial charge is 0.0843 e. The predicted octanol–water partition coefficient (Wildman–Crippen LogP) is 1.39. The van der Waals surface area contributed by atoms with E-state index in [1.54, 1.807) is 6.92 Å². The summed E-state index contributed by atoms with van der Waals surface area (Å²) in [5, 5.41) is 15.1. The van der Waals surface area contributed by atoms with E-state index in [1.807, 2.05) is 30.9 Å².